The molecule has 21 heavy (non-hydrogen) atoms. The zero-order valence-corrected chi connectivity index (χ0v) is 12.9. The predicted octanol–water partition coefficient (Wildman–Crippen LogP) is 3.15. The molecule has 0 spiro atoms. The second-order valence-electron chi connectivity index (χ2n) is 4.74. The summed E-state index contributed by atoms with van der Waals surface area (Å²) < 4.78 is 4.04. The van der Waals surface area contributed by atoms with E-state index in [2.05, 4.69) is 19.6 Å². The van der Waals surface area contributed by atoms with E-state index in [9.17, 15) is 0 Å². The first-order chi connectivity index (χ1) is 10.3. The van der Waals surface area contributed by atoms with Crippen molar-refractivity contribution >= 4 is 34.4 Å². The summed E-state index contributed by atoms with van der Waals surface area (Å²) in [6, 6.07) is 3.76. The van der Waals surface area contributed by atoms with Crippen LogP contribution < -0.4 is 0 Å². The molecule has 0 aliphatic carbocycles. The van der Waals surface area contributed by atoms with Crippen LogP contribution in [0.25, 0.3) is 11.2 Å². The Hall–Kier alpha value is -1.59. The largest absolute Gasteiger partial charge is 0.313 e. The quantitative estimate of drug-likeness (QED) is 0.655. The molecule has 0 N–H and O–H groups in total. The van der Waals surface area contributed by atoms with Gasteiger partial charge in [0, 0.05) is 44.0 Å². The van der Waals surface area contributed by atoms with Crippen molar-refractivity contribution in [3.8, 4) is 0 Å². The van der Waals surface area contributed by atoms with Gasteiger partial charge in [-0.1, -0.05) is 11.6 Å². The lowest BCUT2D eigenvalue weighted by Gasteiger charge is -2.08. The van der Waals surface area contributed by atoms with E-state index in [1.165, 1.54) is 0 Å². The molecule has 0 aromatic carbocycles. The Morgan fingerprint density at radius 2 is 2.14 bits per heavy atom. The fourth-order valence-corrected chi connectivity index (χ4v) is 2.69. The lowest BCUT2D eigenvalue weighted by molar-refractivity contribution is 0.523. The monoisotopic (exact) mass is 323 g/mol. The number of pyridine rings is 1. The van der Waals surface area contributed by atoms with Gasteiger partial charge in [0.2, 0.25) is 0 Å². The Balaban J connectivity index is 1.82. The summed E-state index contributed by atoms with van der Waals surface area (Å²) in [6.45, 7) is 1.69. The Bertz CT molecular complexity index is 720. The van der Waals surface area contributed by atoms with Gasteiger partial charge in [-0.25, -0.2) is 9.97 Å². The highest BCUT2D eigenvalue weighted by Crippen LogP contribution is 2.19. The van der Waals surface area contributed by atoms with Crippen LogP contribution in [0, 0.1) is 0 Å². The van der Waals surface area contributed by atoms with Crippen LogP contribution in [-0.2, 0) is 19.5 Å². The van der Waals surface area contributed by atoms with Crippen molar-refractivity contribution in [1.82, 2.24) is 24.3 Å². The van der Waals surface area contributed by atoms with Gasteiger partial charge in [-0.3, -0.25) is 4.68 Å². The van der Waals surface area contributed by atoms with E-state index in [-0.39, 0.29) is 0 Å². The summed E-state index contributed by atoms with van der Waals surface area (Å²) in [5.41, 5.74) is 1.68. The van der Waals surface area contributed by atoms with Crippen LogP contribution in [0.5, 0.6) is 0 Å². The molecule has 0 fully saturated rings. The van der Waals surface area contributed by atoms with E-state index in [1.54, 1.807) is 12.4 Å². The van der Waals surface area contributed by atoms with Crippen LogP contribution in [0.15, 0.2) is 30.7 Å². The Morgan fingerprint density at radius 1 is 1.24 bits per heavy atom. The van der Waals surface area contributed by atoms with Gasteiger partial charge in [0.1, 0.15) is 11.3 Å². The lowest BCUT2D eigenvalue weighted by Crippen LogP contribution is -2.08. The van der Waals surface area contributed by atoms with Gasteiger partial charge >= 0.3 is 0 Å². The maximum atomic E-state index is 5.98. The van der Waals surface area contributed by atoms with E-state index in [4.69, 9.17) is 23.2 Å². The molecule has 0 unspecified atom stereocenters. The normalized spacial score (nSPS) is 11.3. The SMILES string of the molecule is ClCCc1nc2cc(Cl)cnc2n1CCCn1cccn1. The highest BCUT2D eigenvalue weighted by Gasteiger charge is 2.11. The smallest absolute Gasteiger partial charge is 0.160 e. The maximum Gasteiger partial charge on any atom is 0.160 e. The van der Waals surface area contributed by atoms with Crippen LogP contribution in [0.3, 0.4) is 0 Å². The van der Waals surface area contributed by atoms with Crippen molar-refractivity contribution in [2.45, 2.75) is 25.9 Å². The fraction of sp³-hybridized carbons (Fsp3) is 0.357. The third kappa shape index (κ3) is 3.19. The number of alkyl halides is 1. The molecule has 5 nitrogen and oxygen atoms in total. The first-order valence-electron chi connectivity index (χ1n) is 6.82. The molecule has 0 saturated heterocycles. The van der Waals surface area contributed by atoms with Crippen molar-refractivity contribution in [3.63, 3.8) is 0 Å². The number of imidazole rings is 1. The highest BCUT2D eigenvalue weighted by atomic mass is 35.5. The van der Waals surface area contributed by atoms with Crippen molar-refractivity contribution < 1.29 is 0 Å². The zero-order valence-electron chi connectivity index (χ0n) is 11.4. The van der Waals surface area contributed by atoms with Crippen molar-refractivity contribution in [1.29, 1.82) is 0 Å². The van der Waals surface area contributed by atoms with Gasteiger partial charge in [-0.05, 0) is 18.6 Å². The van der Waals surface area contributed by atoms with Crippen LogP contribution in [0.2, 0.25) is 5.02 Å². The third-order valence-corrected chi connectivity index (χ3v) is 3.67. The topological polar surface area (TPSA) is 48.5 Å². The van der Waals surface area contributed by atoms with Crippen molar-refractivity contribution in [2.75, 3.05) is 5.88 Å². The molecular formula is C14H15Cl2N5. The molecule has 0 bridgehead atoms. The summed E-state index contributed by atoms with van der Waals surface area (Å²) in [5.74, 6) is 1.49. The first-order valence-corrected chi connectivity index (χ1v) is 7.73. The second kappa shape index (κ2) is 6.45. The number of hydrogen-bond acceptors (Lipinski definition) is 3. The van der Waals surface area contributed by atoms with Gasteiger partial charge in [0.05, 0.1) is 5.02 Å². The van der Waals surface area contributed by atoms with Gasteiger partial charge in [0.25, 0.3) is 0 Å². The molecule has 0 amide bonds. The van der Waals surface area contributed by atoms with Crippen LogP contribution in [-0.4, -0.2) is 30.2 Å². The van der Waals surface area contributed by atoms with E-state index in [0.29, 0.717) is 10.9 Å². The van der Waals surface area contributed by atoms with E-state index >= 15 is 0 Å². The highest BCUT2D eigenvalue weighted by molar-refractivity contribution is 6.31. The molecule has 0 aliphatic rings. The van der Waals surface area contributed by atoms with Gasteiger partial charge < -0.3 is 4.57 Å². The maximum absolute atomic E-state index is 5.98. The average molecular weight is 324 g/mol. The summed E-state index contributed by atoms with van der Waals surface area (Å²) in [7, 11) is 0. The number of aryl methyl sites for hydroxylation is 3. The Morgan fingerprint density at radius 3 is 2.90 bits per heavy atom. The van der Waals surface area contributed by atoms with E-state index in [1.807, 2.05) is 23.0 Å². The van der Waals surface area contributed by atoms with Gasteiger partial charge in [0.15, 0.2) is 5.65 Å². The minimum atomic E-state index is 0.538. The van der Waals surface area contributed by atoms with E-state index < -0.39 is 0 Å². The standard InChI is InChI=1S/C14H15Cl2N5/c15-4-3-13-19-12-9-11(16)10-17-14(12)21(13)8-2-7-20-6-1-5-18-20/h1,5-6,9-10H,2-4,7-8H2. The number of hydrogen-bond donors (Lipinski definition) is 0. The molecule has 3 aromatic heterocycles. The molecule has 110 valence electrons. The van der Waals surface area contributed by atoms with Crippen LogP contribution in [0.4, 0.5) is 0 Å². The number of fused-ring (bicyclic) bond motifs is 1. The first kappa shape index (κ1) is 14.4. The number of rotatable bonds is 6. The molecule has 0 atom stereocenters. The number of nitrogens with zero attached hydrogens (tertiary/aromatic N) is 5. The zero-order chi connectivity index (χ0) is 14.7. The minimum Gasteiger partial charge on any atom is -0.313 e. The van der Waals surface area contributed by atoms with Crippen LogP contribution >= 0.6 is 23.2 Å². The summed E-state index contributed by atoms with van der Waals surface area (Å²) in [5, 5.41) is 4.80. The second-order valence-corrected chi connectivity index (χ2v) is 5.55. The number of aromatic nitrogens is 5. The van der Waals surface area contributed by atoms with Crippen LogP contribution in [0.1, 0.15) is 12.2 Å². The molecule has 3 aromatic rings. The fourth-order valence-electron chi connectivity index (χ4n) is 2.37. The Labute approximate surface area is 132 Å². The Kier molecular flexibility index (Phi) is 4.41. The van der Waals surface area contributed by atoms with Gasteiger partial charge in [-0.15, -0.1) is 11.6 Å². The molecule has 0 aliphatic heterocycles. The average Bonchev–Trinajstić information content (AvgIpc) is 3.08. The predicted molar refractivity (Wildman–Crippen MR) is 83.8 cm³/mol. The molecule has 3 heterocycles. The molecule has 0 radical (unpaired) electrons. The summed E-state index contributed by atoms with van der Waals surface area (Å²) >= 11 is 11.8. The molecule has 0 saturated carbocycles. The molecule has 7 heteroatoms. The molecular weight excluding hydrogens is 309 g/mol. The van der Waals surface area contributed by atoms with Crippen molar-refractivity contribution in [3.05, 3.63) is 41.6 Å². The third-order valence-electron chi connectivity index (χ3n) is 3.28. The summed E-state index contributed by atoms with van der Waals surface area (Å²) in [6.07, 6.45) is 7.07. The van der Waals surface area contributed by atoms with Gasteiger partial charge in [-0.2, -0.15) is 5.10 Å². The molecule has 3 rings (SSSR count). The summed E-state index contributed by atoms with van der Waals surface area (Å²) in [4.78, 5) is 8.99. The van der Waals surface area contributed by atoms with Crippen molar-refractivity contribution in [2.24, 2.45) is 0 Å². The van der Waals surface area contributed by atoms with E-state index in [0.717, 1.165) is 42.9 Å². The lowest BCUT2D eigenvalue weighted by atomic mass is 10.3. The minimum absolute atomic E-state index is 0.538. The number of halogens is 2.